The molecule has 0 saturated heterocycles. The fourth-order valence-corrected chi connectivity index (χ4v) is 0.383. The molecule has 0 aliphatic carbocycles. The van der Waals surface area contributed by atoms with Crippen LogP contribution in [-0.4, -0.2) is 14.3 Å². The van der Waals surface area contributed by atoms with E-state index in [9.17, 15) is 9.59 Å². The van der Waals surface area contributed by atoms with E-state index in [0.717, 1.165) is 0 Å². The molecular formula is C3H4O2S4. The van der Waals surface area contributed by atoms with E-state index in [4.69, 9.17) is 0 Å². The number of hydrogen-bond acceptors (Lipinski definition) is 4. The zero-order valence-electron chi connectivity index (χ0n) is 4.11. The van der Waals surface area contributed by atoms with Crippen LogP contribution in [0, 0.1) is 0 Å². The molecule has 0 saturated carbocycles. The number of thiol groups is 4. The molecule has 0 spiro atoms. The van der Waals surface area contributed by atoms with Gasteiger partial charge in [-0.15, -0.1) is 50.5 Å². The summed E-state index contributed by atoms with van der Waals surface area (Å²) >= 11 is 13.9. The zero-order valence-corrected chi connectivity index (χ0v) is 7.68. The van der Waals surface area contributed by atoms with Crippen LogP contribution in [0.25, 0.3) is 0 Å². The Bertz CT molecular complexity index is 136. The first kappa shape index (κ1) is 9.74. The molecule has 0 unspecified atom stereocenters. The highest BCUT2D eigenvalue weighted by molar-refractivity contribution is 8.13. The van der Waals surface area contributed by atoms with Gasteiger partial charge in [0, 0.05) is 0 Å². The number of carbonyl (C=O) groups is 2. The summed E-state index contributed by atoms with van der Waals surface area (Å²) in [6.07, 6.45) is 0. The lowest BCUT2D eigenvalue weighted by atomic mass is 10.5. The standard InChI is InChI=1S/C3H4O2S4/c4-1(6)3(8,9)2(5)7/h8-9H,(H,4,6)(H,5,7). The Morgan fingerprint density at radius 2 is 1.22 bits per heavy atom. The molecule has 0 bridgehead atoms. The Morgan fingerprint density at radius 1 is 1.00 bits per heavy atom. The molecule has 52 valence electrons. The molecule has 0 heterocycles. The Hall–Kier alpha value is 0.740. The number of carbonyl (C=O) groups excluding carboxylic acids is 2. The maximum absolute atomic E-state index is 10.3. The van der Waals surface area contributed by atoms with E-state index in [1.54, 1.807) is 0 Å². The first-order valence-electron chi connectivity index (χ1n) is 1.80. The Balaban J connectivity index is 4.38. The van der Waals surface area contributed by atoms with Crippen LogP contribution in [-0.2, 0) is 9.59 Å². The highest BCUT2D eigenvalue weighted by atomic mass is 32.2. The third kappa shape index (κ3) is 2.45. The lowest BCUT2D eigenvalue weighted by Gasteiger charge is -2.11. The van der Waals surface area contributed by atoms with Gasteiger partial charge in [0.15, 0.2) is 4.08 Å². The van der Waals surface area contributed by atoms with Crippen LogP contribution in [0.4, 0.5) is 0 Å². The quantitative estimate of drug-likeness (QED) is 0.297. The molecule has 0 radical (unpaired) electrons. The highest BCUT2D eigenvalue weighted by Crippen LogP contribution is 2.24. The van der Waals surface area contributed by atoms with Gasteiger partial charge in [0.2, 0.25) is 10.2 Å². The van der Waals surface area contributed by atoms with Crippen molar-refractivity contribution in [1.29, 1.82) is 0 Å². The van der Waals surface area contributed by atoms with E-state index in [0.29, 0.717) is 0 Å². The van der Waals surface area contributed by atoms with E-state index in [1.807, 2.05) is 0 Å². The summed E-state index contributed by atoms with van der Waals surface area (Å²) in [5.74, 6) is 0. The smallest absolute Gasteiger partial charge is 0.220 e. The zero-order chi connectivity index (χ0) is 7.65. The fourth-order valence-electron chi connectivity index (χ4n) is 0.0915. The summed E-state index contributed by atoms with van der Waals surface area (Å²) in [5, 5.41) is -1.46. The Kier molecular flexibility index (Phi) is 3.49. The van der Waals surface area contributed by atoms with Gasteiger partial charge in [-0.1, -0.05) is 0 Å². The minimum absolute atomic E-state index is 0.728. The van der Waals surface area contributed by atoms with Crippen LogP contribution in [0.2, 0.25) is 0 Å². The molecule has 0 atom stereocenters. The maximum atomic E-state index is 10.3. The molecular weight excluding hydrogens is 196 g/mol. The average molecular weight is 200 g/mol. The predicted octanol–water partition coefficient (Wildman–Crippen LogP) is 0.455. The molecule has 0 aliphatic heterocycles. The molecule has 0 rings (SSSR count). The van der Waals surface area contributed by atoms with E-state index in [2.05, 4.69) is 50.5 Å². The highest BCUT2D eigenvalue weighted by Gasteiger charge is 2.33. The van der Waals surface area contributed by atoms with E-state index < -0.39 is 14.3 Å². The number of hydrogen-bond donors (Lipinski definition) is 4. The summed E-state index contributed by atoms with van der Waals surface area (Å²) in [6, 6.07) is 0. The van der Waals surface area contributed by atoms with Gasteiger partial charge in [0.25, 0.3) is 0 Å². The van der Waals surface area contributed by atoms with Crippen molar-refractivity contribution in [2.24, 2.45) is 0 Å². The van der Waals surface area contributed by atoms with Crippen LogP contribution < -0.4 is 0 Å². The minimum Gasteiger partial charge on any atom is -0.284 e. The third-order valence-corrected chi connectivity index (χ3v) is 2.79. The minimum atomic E-state index is -1.66. The van der Waals surface area contributed by atoms with Crippen molar-refractivity contribution in [3.8, 4) is 0 Å². The van der Waals surface area contributed by atoms with E-state index in [-0.39, 0.29) is 0 Å². The monoisotopic (exact) mass is 200 g/mol. The normalized spacial score (nSPS) is 11.1. The van der Waals surface area contributed by atoms with Crippen molar-refractivity contribution in [3.63, 3.8) is 0 Å². The molecule has 0 N–H and O–H groups in total. The average Bonchev–Trinajstić information content (AvgIpc) is 1.65. The van der Waals surface area contributed by atoms with E-state index >= 15 is 0 Å². The van der Waals surface area contributed by atoms with Gasteiger partial charge >= 0.3 is 0 Å². The van der Waals surface area contributed by atoms with Gasteiger partial charge in [0.05, 0.1) is 0 Å². The van der Waals surface area contributed by atoms with Gasteiger partial charge in [0.1, 0.15) is 0 Å². The van der Waals surface area contributed by atoms with Crippen molar-refractivity contribution in [1.82, 2.24) is 0 Å². The van der Waals surface area contributed by atoms with Crippen molar-refractivity contribution >= 4 is 60.7 Å². The molecule has 0 fully saturated rings. The van der Waals surface area contributed by atoms with Gasteiger partial charge in [-0.2, -0.15) is 0 Å². The van der Waals surface area contributed by atoms with Gasteiger partial charge < -0.3 is 0 Å². The Morgan fingerprint density at radius 3 is 1.22 bits per heavy atom. The summed E-state index contributed by atoms with van der Waals surface area (Å²) < 4.78 is -1.66. The second kappa shape index (κ2) is 3.23. The second-order valence-corrected chi connectivity index (χ2v) is 3.79. The van der Waals surface area contributed by atoms with Gasteiger partial charge in [-0.05, 0) is 0 Å². The van der Waals surface area contributed by atoms with Crippen molar-refractivity contribution in [2.75, 3.05) is 0 Å². The first-order valence-corrected chi connectivity index (χ1v) is 3.59. The molecule has 0 aliphatic rings. The van der Waals surface area contributed by atoms with Crippen molar-refractivity contribution in [3.05, 3.63) is 0 Å². The molecule has 0 aromatic carbocycles. The maximum Gasteiger partial charge on any atom is 0.220 e. The molecule has 6 heteroatoms. The molecule has 9 heavy (non-hydrogen) atoms. The molecule has 2 nitrogen and oxygen atoms in total. The Labute approximate surface area is 74.4 Å². The van der Waals surface area contributed by atoms with E-state index in [1.165, 1.54) is 0 Å². The van der Waals surface area contributed by atoms with Crippen LogP contribution in [0.3, 0.4) is 0 Å². The summed E-state index contributed by atoms with van der Waals surface area (Å²) in [7, 11) is 0. The van der Waals surface area contributed by atoms with Crippen LogP contribution >= 0.6 is 50.5 Å². The van der Waals surface area contributed by atoms with Gasteiger partial charge in [-0.3, -0.25) is 9.59 Å². The SMILES string of the molecule is O=C(S)C(S)(S)C(=O)S. The topological polar surface area (TPSA) is 34.1 Å². The number of rotatable bonds is 2. The van der Waals surface area contributed by atoms with Crippen LogP contribution in [0.1, 0.15) is 0 Å². The van der Waals surface area contributed by atoms with Gasteiger partial charge in [-0.25, -0.2) is 0 Å². The summed E-state index contributed by atoms with van der Waals surface area (Å²) in [4.78, 5) is 20.7. The van der Waals surface area contributed by atoms with Crippen molar-refractivity contribution in [2.45, 2.75) is 4.08 Å². The lowest BCUT2D eigenvalue weighted by molar-refractivity contribution is -0.117. The molecule has 0 aromatic heterocycles. The largest absolute Gasteiger partial charge is 0.284 e. The van der Waals surface area contributed by atoms with Crippen LogP contribution in [0.15, 0.2) is 0 Å². The van der Waals surface area contributed by atoms with Crippen LogP contribution in [0.5, 0.6) is 0 Å². The fraction of sp³-hybridized carbons (Fsp3) is 0.333. The first-order chi connectivity index (χ1) is 3.89. The van der Waals surface area contributed by atoms with Crippen molar-refractivity contribution < 1.29 is 9.59 Å². The summed E-state index contributed by atoms with van der Waals surface area (Å²) in [5.41, 5.74) is 0. The summed E-state index contributed by atoms with van der Waals surface area (Å²) in [6.45, 7) is 0. The second-order valence-electron chi connectivity index (χ2n) is 1.28. The lowest BCUT2D eigenvalue weighted by Crippen LogP contribution is -2.28. The molecule has 0 amide bonds. The molecule has 0 aromatic rings. The third-order valence-electron chi connectivity index (χ3n) is 0.596. The predicted molar refractivity (Wildman–Crippen MR) is 48.7 cm³/mol.